The molecule has 198 valence electrons. The molecule has 2 aromatic heterocycles. The average Bonchev–Trinajstić information content (AvgIpc) is 3.34. The van der Waals surface area contributed by atoms with E-state index >= 15 is 0 Å². The van der Waals surface area contributed by atoms with Gasteiger partial charge in [0.15, 0.2) is 16.5 Å². The summed E-state index contributed by atoms with van der Waals surface area (Å²) in [7, 11) is 3.17. The van der Waals surface area contributed by atoms with Gasteiger partial charge >= 0.3 is 0 Å². The van der Waals surface area contributed by atoms with Gasteiger partial charge in [-0.1, -0.05) is 48.9 Å². The molecule has 0 atom stereocenters. The van der Waals surface area contributed by atoms with E-state index in [-0.39, 0.29) is 17.0 Å². The Morgan fingerprint density at radius 2 is 1.85 bits per heavy atom. The number of hydrogen-bond donors (Lipinski definition) is 1. The molecule has 0 saturated heterocycles. The third-order valence-electron chi connectivity index (χ3n) is 6.36. The number of carbonyl (C=O) groups excluding carboxylic acids is 1. The molecular formula is C31H29N3O4S. The van der Waals surface area contributed by atoms with Gasteiger partial charge < -0.3 is 13.9 Å². The highest BCUT2D eigenvalue weighted by molar-refractivity contribution is 7.16. The van der Waals surface area contributed by atoms with Crippen molar-refractivity contribution in [3.8, 4) is 22.8 Å². The number of amides is 1. The van der Waals surface area contributed by atoms with Gasteiger partial charge in [0, 0.05) is 21.9 Å². The van der Waals surface area contributed by atoms with Crippen LogP contribution in [0.5, 0.6) is 11.5 Å². The van der Waals surface area contributed by atoms with Crippen molar-refractivity contribution in [3.63, 3.8) is 0 Å². The van der Waals surface area contributed by atoms with E-state index in [4.69, 9.17) is 18.9 Å². The normalized spacial score (nSPS) is 11.6. The van der Waals surface area contributed by atoms with Crippen LogP contribution in [-0.4, -0.2) is 25.1 Å². The van der Waals surface area contributed by atoms with Gasteiger partial charge in [0.25, 0.3) is 5.91 Å². The van der Waals surface area contributed by atoms with Crippen LogP contribution in [0.1, 0.15) is 33.3 Å². The van der Waals surface area contributed by atoms with E-state index in [1.54, 1.807) is 32.4 Å². The zero-order valence-electron chi connectivity index (χ0n) is 22.5. The summed E-state index contributed by atoms with van der Waals surface area (Å²) < 4.78 is 17.0. The third kappa shape index (κ3) is 5.42. The van der Waals surface area contributed by atoms with Gasteiger partial charge in [-0.3, -0.25) is 10.1 Å². The molecular weight excluding hydrogens is 510 g/mol. The summed E-state index contributed by atoms with van der Waals surface area (Å²) in [5.41, 5.74) is 5.82. The number of aryl methyl sites for hydroxylation is 3. The number of aromatic nitrogens is 1. The van der Waals surface area contributed by atoms with Crippen molar-refractivity contribution in [2.75, 3.05) is 19.5 Å². The summed E-state index contributed by atoms with van der Waals surface area (Å²) in [5.74, 6) is 0.829. The quantitative estimate of drug-likeness (QED) is 0.236. The van der Waals surface area contributed by atoms with E-state index in [9.17, 15) is 4.79 Å². The van der Waals surface area contributed by atoms with Gasteiger partial charge in [-0.15, -0.1) is 11.3 Å². The predicted molar refractivity (Wildman–Crippen MR) is 155 cm³/mol. The summed E-state index contributed by atoms with van der Waals surface area (Å²) in [5, 5.41) is 4.22. The van der Waals surface area contributed by atoms with Gasteiger partial charge in [0.1, 0.15) is 11.3 Å². The van der Waals surface area contributed by atoms with Crippen molar-refractivity contribution in [3.05, 3.63) is 93.9 Å². The number of carbonyl (C=O) groups is 1. The van der Waals surface area contributed by atoms with Gasteiger partial charge in [0.05, 0.1) is 25.6 Å². The number of fused-ring (bicyclic) bond motifs is 1. The van der Waals surface area contributed by atoms with E-state index in [2.05, 4.69) is 49.3 Å². The van der Waals surface area contributed by atoms with Crippen molar-refractivity contribution in [2.45, 2.75) is 27.2 Å². The molecule has 0 aliphatic heterocycles. The first kappa shape index (κ1) is 26.2. The molecule has 0 aliphatic carbocycles. The number of para-hydroxylation sites is 1. The molecule has 0 aliphatic rings. The largest absolute Gasteiger partial charge is 0.497 e. The lowest BCUT2D eigenvalue weighted by Gasteiger charge is -2.08. The maximum absolute atomic E-state index is 13.7. The summed E-state index contributed by atoms with van der Waals surface area (Å²) in [6.07, 6.45) is 0.803. The Balaban J connectivity index is 1.60. The first-order chi connectivity index (χ1) is 18.9. The molecule has 0 radical (unpaired) electrons. The van der Waals surface area contributed by atoms with E-state index in [1.165, 1.54) is 16.9 Å². The summed E-state index contributed by atoms with van der Waals surface area (Å²) in [4.78, 5) is 24.3. The second kappa shape index (κ2) is 11.1. The van der Waals surface area contributed by atoms with Crippen molar-refractivity contribution in [2.24, 2.45) is 4.99 Å². The van der Waals surface area contributed by atoms with Crippen LogP contribution in [0.25, 0.3) is 22.2 Å². The summed E-state index contributed by atoms with van der Waals surface area (Å²) in [6.45, 7) is 6.24. The maximum atomic E-state index is 13.7. The van der Waals surface area contributed by atoms with Crippen molar-refractivity contribution in [1.29, 1.82) is 0 Å². The zero-order chi connectivity index (χ0) is 27.5. The SMILES string of the molecule is CCc1sc(NC(=O)c2cc3cccc(OC)c3oc2=Nc2cccc(OC)c2)nc1-c1ccc(C)cc1C. The molecule has 0 spiro atoms. The number of nitrogens with zero attached hydrogens (tertiary/aromatic N) is 2. The number of thiazole rings is 1. The van der Waals surface area contributed by atoms with Crippen LogP contribution < -0.4 is 20.3 Å². The Labute approximate surface area is 230 Å². The van der Waals surface area contributed by atoms with Crippen molar-refractivity contribution >= 4 is 39.0 Å². The Bertz CT molecular complexity index is 1750. The number of nitrogens with one attached hydrogen (secondary N) is 1. The standard InChI is InChI=1S/C31H29N3O4S/c1-6-26-27(23-14-13-18(2)15-19(23)3)33-31(39-26)34-29(35)24-16-20-9-7-12-25(37-5)28(20)38-30(24)32-21-10-8-11-22(17-21)36-4/h7-17H,6H2,1-5H3,(H,33,34,35). The first-order valence-corrected chi connectivity index (χ1v) is 13.4. The second-order valence-corrected chi connectivity index (χ2v) is 10.2. The monoisotopic (exact) mass is 539 g/mol. The molecule has 1 N–H and O–H groups in total. The van der Waals surface area contributed by atoms with Crippen molar-refractivity contribution in [1.82, 2.24) is 4.98 Å². The van der Waals surface area contributed by atoms with Gasteiger partial charge in [-0.05, 0) is 50.1 Å². The van der Waals surface area contributed by atoms with E-state index in [1.807, 2.05) is 30.3 Å². The fourth-order valence-corrected chi connectivity index (χ4v) is 5.34. The summed E-state index contributed by atoms with van der Waals surface area (Å²) >= 11 is 1.47. The fraction of sp³-hybridized carbons (Fsp3) is 0.194. The van der Waals surface area contributed by atoms with Gasteiger partial charge in [-0.2, -0.15) is 0 Å². The highest BCUT2D eigenvalue weighted by atomic mass is 32.1. The molecule has 1 amide bonds. The number of methoxy groups -OCH3 is 2. The van der Waals surface area contributed by atoms with E-state index in [0.717, 1.165) is 28.1 Å². The molecule has 2 heterocycles. The predicted octanol–water partition coefficient (Wildman–Crippen LogP) is 7.24. The van der Waals surface area contributed by atoms with Gasteiger partial charge in [0.2, 0.25) is 5.55 Å². The fourth-order valence-electron chi connectivity index (χ4n) is 4.43. The maximum Gasteiger partial charge on any atom is 0.262 e. The lowest BCUT2D eigenvalue weighted by atomic mass is 10.0. The third-order valence-corrected chi connectivity index (χ3v) is 7.48. The molecule has 0 saturated carbocycles. The minimum absolute atomic E-state index is 0.152. The number of ether oxygens (including phenoxy) is 2. The molecule has 3 aromatic carbocycles. The highest BCUT2D eigenvalue weighted by Crippen LogP contribution is 2.34. The molecule has 7 nitrogen and oxygen atoms in total. The first-order valence-electron chi connectivity index (χ1n) is 12.6. The average molecular weight is 540 g/mol. The van der Waals surface area contributed by atoms with Crippen LogP contribution in [0.3, 0.4) is 0 Å². The lowest BCUT2D eigenvalue weighted by molar-refractivity contribution is 0.102. The Morgan fingerprint density at radius 1 is 1.03 bits per heavy atom. The molecule has 5 rings (SSSR count). The smallest absolute Gasteiger partial charge is 0.262 e. The topological polar surface area (TPSA) is 86.0 Å². The van der Waals surface area contributed by atoms with E-state index in [0.29, 0.717) is 33.3 Å². The van der Waals surface area contributed by atoms with Crippen LogP contribution in [0.15, 0.2) is 76.1 Å². The molecule has 0 unspecified atom stereocenters. The summed E-state index contributed by atoms with van der Waals surface area (Å²) in [6, 6.07) is 20.8. The second-order valence-electron chi connectivity index (χ2n) is 9.07. The van der Waals surface area contributed by atoms with Crippen LogP contribution in [0.4, 0.5) is 10.8 Å². The van der Waals surface area contributed by atoms with Gasteiger partial charge in [-0.25, -0.2) is 9.98 Å². The molecule has 8 heteroatoms. The number of benzene rings is 3. The molecule has 5 aromatic rings. The number of rotatable bonds is 7. The lowest BCUT2D eigenvalue weighted by Crippen LogP contribution is -2.21. The van der Waals surface area contributed by atoms with E-state index < -0.39 is 0 Å². The molecule has 0 bridgehead atoms. The minimum Gasteiger partial charge on any atom is -0.497 e. The molecule has 0 fully saturated rings. The number of anilines is 1. The van der Waals surface area contributed by atoms with Crippen LogP contribution in [0.2, 0.25) is 0 Å². The van der Waals surface area contributed by atoms with Crippen molar-refractivity contribution < 1.29 is 18.7 Å². The molecule has 39 heavy (non-hydrogen) atoms. The minimum atomic E-state index is -0.367. The van der Waals surface area contributed by atoms with Crippen LogP contribution in [-0.2, 0) is 6.42 Å². The number of hydrogen-bond acceptors (Lipinski definition) is 7. The van der Waals surface area contributed by atoms with Crippen LogP contribution in [0, 0.1) is 13.8 Å². The Kier molecular flexibility index (Phi) is 7.47. The zero-order valence-corrected chi connectivity index (χ0v) is 23.3. The highest BCUT2D eigenvalue weighted by Gasteiger charge is 2.19. The Morgan fingerprint density at radius 3 is 2.59 bits per heavy atom. The Hall–Kier alpha value is -4.43. The van der Waals surface area contributed by atoms with Crippen LogP contribution >= 0.6 is 11.3 Å².